The van der Waals surface area contributed by atoms with Crippen LogP contribution >= 0.6 is 22.7 Å². The number of anilines is 6. The number of para-hydroxylation sites is 5. The van der Waals surface area contributed by atoms with Gasteiger partial charge in [-0.2, -0.15) is 0 Å². The van der Waals surface area contributed by atoms with E-state index in [2.05, 4.69) is 215 Å². The number of hydrogen-bond donors (Lipinski definition) is 0. The van der Waals surface area contributed by atoms with Gasteiger partial charge in [0.1, 0.15) is 0 Å². The molecule has 2 aliphatic heterocycles. The first-order valence-corrected chi connectivity index (χ1v) is 23.4. The van der Waals surface area contributed by atoms with E-state index in [1.165, 1.54) is 113 Å². The van der Waals surface area contributed by atoms with Crippen molar-refractivity contribution in [2.45, 2.75) is 12.8 Å². The topological polar surface area (TPSA) is 11.4 Å². The molecule has 296 valence electrons. The predicted octanol–water partition coefficient (Wildman–Crippen LogP) is 17.1. The Morgan fingerprint density at radius 2 is 0.937 bits per heavy atom. The zero-order valence-electron chi connectivity index (χ0n) is 34.1. The summed E-state index contributed by atoms with van der Waals surface area (Å²) >= 11 is 3.86. The third kappa shape index (κ3) is 5.00. The van der Waals surface area contributed by atoms with Gasteiger partial charge >= 0.3 is 0 Å². The summed E-state index contributed by atoms with van der Waals surface area (Å²) in [5.74, 6) is 0. The molecular formula is C58H37N3S2. The highest BCUT2D eigenvalue weighted by Gasteiger charge is 2.33. The van der Waals surface area contributed by atoms with Crippen LogP contribution in [0.5, 0.6) is 0 Å². The molecule has 3 nitrogen and oxygen atoms in total. The van der Waals surface area contributed by atoms with E-state index in [0.717, 1.165) is 24.2 Å². The van der Waals surface area contributed by atoms with Crippen LogP contribution in [0.1, 0.15) is 11.1 Å². The molecule has 5 heterocycles. The summed E-state index contributed by atoms with van der Waals surface area (Å²) in [6.07, 6.45) is 2.00. The second-order valence-electron chi connectivity index (χ2n) is 16.7. The highest BCUT2D eigenvalue weighted by molar-refractivity contribution is 7.27. The molecule has 0 aliphatic carbocycles. The molecule has 14 rings (SSSR count). The van der Waals surface area contributed by atoms with E-state index in [9.17, 15) is 0 Å². The Morgan fingerprint density at radius 1 is 0.349 bits per heavy atom. The van der Waals surface area contributed by atoms with Crippen LogP contribution in [0.25, 0.3) is 79.3 Å². The van der Waals surface area contributed by atoms with E-state index < -0.39 is 0 Å². The van der Waals surface area contributed by atoms with E-state index in [4.69, 9.17) is 0 Å². The summed E-state index contributed by atoms with van der Waals surface area (Å²) in [4.78, 5) is 5.07. The van der Waals surface area contributed by atoms with Crippen LogP contribution in [0.15, 0.2) is 200 Å². The van der Waals surface area contributed by atoms with Crippen molar-refractivity contribution in [2.24, 2.45) is 0 Å². The van der Waals surface area contributed by atoms with E-state index in [1.807, 2.05) is 22.7 Å². The first-order valence-electron chi connectivity index (χ1n) is 21.7. The van der Waals surface area contributed by atoms with Crippen molar-refractivity contribution in [3.63, 3.8) is 0 Å². The number of thiophene rings is 2. The molecule has 3 aromatic heterocycles. The van der Waals surface area contributed by atoms with Crippen molar-refractivity contribution < 1.29 is 0 Å². The third-order valence-corrected chi connectivity index (χ3v) is 15.9. The molecular weight excluding hydrogens is 803 g/mol. The molecule has 0 fully saturated rings. The van der Waals surface area contributed by atoms with E-state index in [1.54, 1.807) is 0 Å². The van der Waals surface area contributed by atoms with Crippen LogP contribution in [-0.2, 0) is 12.8 Å². The Balaban J connectivity index is 1.07. The molecule has 0 unspecified atom stereocenters. The lowest BCUT2D eigenvalue weighted by Gasteiger charge is -2.28. The number of hydrogen-bond acceptors (Lipinski definition) is 4. The molecule has 0 saturated carbocycles. The number of aryl methyl sites for hydroxylation is 2. The molecule has 9 aromatic carbocycles. The predicted molar refractivity (Wildman–Crippen MR) is 270 cm³/mol. The van der Waals surface area contributed by atoms with Gasteiger partial charge in [-0.05, 0) is 78.6 Å². The zero-order valence-corrected chi connectivity index (χ0v) is 35.8. The van der Waals surface area contributed by atoms with Gasteiger partial charge in [0.2, 0.25) is 0 Å². The summed E-state index contributed by atoms with van der Waals surface area (Å²) < 4.78 is 7.83. The highest BCUT2D eigenvalue weighted by atomic mass is 32.1. The van der Waals surface area contributed by atoms with Gasteiger partial charge in [-0.1, -0.05) is 146 Å². The van der Waals surface area contributed by atoms with Crippen molar-refractivity contribution >= 4 is 108 Å². The minimum absolute atomic E-state index is 0.998. The van der Waals surface area contributed by atoms with Crippen LogP contribution in [0.2, 0.25) is 0 Å². The third-order valence-electron chi connectivity index (χ3n) is 13.4. The molecule has 0 N–H and O–H groups in total. The molecule has 0 spiro atoms. The Hall–Kier alpha value is -7.44. The van der Waals surface area contributed by atoms with Gasteiger partial charge in [0.15, 0.2) is 0 Å². The maximum atomic E-state index is 2.62. The number of benzene rings is 9. The Morgan fingerprint density at radius 3 is 1.78 bits per heavy atom. The summed E-state index contributed by atoms with van der Waals surface area (Å²) in [6, 6.07) is 74.4. The highest BCUT2D eigenvalue weighted by Crippen LogP contribution is 2.56. The second kappa shape index (κ2) is 13.5. The quantitative estimate of drug-likeness (QED) is 0.176. The van der Waals surface area contributed by atoms with Crippen LogP contribution in [0, 0.1) is 0 Å². The summed E-state index contributed by atoms with van der Waals surface area (Å²) in [5, 5.41) is 6.46. The number of aromatic nitrogens is 1. The molecule has 0 bridgehead atoms. The lowest BCUT2D eigenvalue weighted by molar-refractivity contribution is 0.979. The molecule has 2 aliphatic rings. The summed E-state index contributed by atoms with van der Waals surface area (Å²) in [7, 11) is 0. The zero-order chi connectivity index (χ0) is 41.2. The van der Waals surface area contributed by atoms with E-state index in [0.29, 0.717) is 0 Å². The molecule has 0 radical (unpaired) electrons. The second-order valence-corrected chi connectivity index (χ2v) is 18.8. The smallest absolute Gasteiger partial charge is 0.0673 e. The first kappa shape index (κ1) is 35.2. The minimum atomic E-state index is 0.998. The normalized spacial score (nSPS) is 13.2. The fourth-order valence-electron chi connectivity index (χ4n) is 10.7. The molecule has 0 atom stereocenters. The molecule has 0 saturated heterocycles. The molecule has 12 aromatic rings. The number of nitrogens with zero attached hydrogens (tertiary/aromatic N) is 3. The fraction of sp³-hybridized carbons (Fsp3) is 0.0345. The Bertz CT molecular complexity index is 3830. The van der Waals surface area contributed by atoms with Crippen molar-refractivity contribution in [1.29, 1.82) is 0 Å². The SMILES string of the molecule is c1ccc(N2c3ccccc3-c3c(n(-c4cccc5c4sc4c(N6c7ccccc7CCc7ccc8c(sc9ccccc98)c76)cccc45)c4ccccc34)-c3ccccc32)cc1. The monoisotopic (exact) mass is 839 g/mol. The minimum Gasteiger partial charge on any atom is -0.309 e. The summed E-state index contributed by atoms with van der Waals surface area (Å²) in [5.41, 5.74) is 17.4. The Labute approximate surface area is 372 Å². The van der Waals surface area contributed by atoms with Gasteiger partial charge in [-0.15, -0.1) is 22.7 Å². The molecule has 0 amide bonds. The number of rotatable bonds is 3. The lowest BCUT2D eigenvalue weighted by atomic mass is 9.98. The largest absolute Gasteiger partial charge is 0.309 e. The van der Waals surface area contributed by atoms with E-state index >= 15 is 0 Å². The van der Waals surface area contributed by atoms with Crippen LogP contribution in [0.3, 0.4) is 0 Å². The number of fused-ring (bicyclic) bond motifs is 16. The van der Waals surface area contributed by atoms with Crippen molar-refractivity contribution in [2.75, 3.05) is 9.80 Å². The van der Waals surface area contributed by atoms with Crippen molar-refractivity contribution in [3.05, 3.63) is 211 Å². The van der Waals surface area contributed by atoms with Crippen molar-refractivity contribution in [1.82, 2.24) is 4.57 Å². The van der Waals surface area contributed by atoms with E-state index in [-0.39, 0.29) is 0 Å². The average molecular weight is 840 g/mol. The standard InChI is InChI=1S/C58H37N3S2/c1-2-17-38(18-3-1)59-47-26-10-5-20-43(47)53-44-21-6-11-27-48(44)61(55(53)45-22-7-12-28-49(45)59)51-30-15-24-41-40-23-14-29-50(56(40)63-57(41)51)60-46-25-9-4-16-36(46)32-33-37-34-35-42-39-19-8-13-31-52(39)62-58(42)54(37)60/h1-31,34-35H,32-33H2. The maximum Gasteiger partial charge on any atom is 0.0673 e. The maximum absolute atomic E-state index is 2.62. The molecule has 63 heavy (non-hydrogen) atoms. The summed E-state index contributed by atoms with van der Waals surface area (Å²) in [6.45, 7) is 0. The average Bonchev–Trinajstić information content (AvgIpc) is 3.96. The lowest BCUT2D eigenvalue weighted by Crippen LogP contribution is -2.12. The van der Waals surface area contributed by atoms with Crippen molar-refractivity contribution in [3.8, 4) is 28.1 Å². The van der Waals surface area contributed by atoms with Crippen LogP contribution in [0.4, 0.5) is 34.1 Å². The van der Waals surface area contributed by atoms with Gasteiger partial charge in [-0.25, -0.2) is 0 Å². The van der Waals surface area contributed by atoms with Gasteiger partial charge < -0.3 is 14.4 Å². The van der Waals surface area contributed by atoms with Crippen LogP contribution in [-0.4, -0.2) is 4.57 Å². The van der Waals surface area contributed by atoms with Gasteiger partial charge in [0, 0.05) is 59.7 Å². The Kier molecular flexibility index (Phi) is 7.56. The van der Waals surface area contributed by atoms with Gasteiger partial charge in [-0.3, -0.25) is 0 Å². The molecule has 5 heteroatoms. The van der Waals surface area contributed by atoms with Gasteiger partial charge in [0.25, 0.3) is 0 Å². The first-order chi connectivity index (χ1) is 31.3. The van der Waals surface area contributed by atoms with Crippen LogP contribution < -0.4 is 9.80 Å². The fourth-order valence-corrected chi connectivity index (χ4v) is 13.3. The van der Waals surface area contributed by atoms with Gasteiger partial charge in [0.05, 0.1) is 53.7 Å².